The Morgan fingerprint density at radius 2 is 1.71 bits per heavy atom. The molecule has 2 heterocycles. The lowest BCUT2D eigenvalue weighted by Gasteiger charge is -2.15. The average molecular weight is 480 g/mol. The fraction of sp³-hybridized carbons (Fsp3) is 0.143. The number of rotatable bonds is 8. The van der Waals surface area contributed by atoms with Crippen molar-refractivity contribution in [2.45, 2.75) is 19.0 Å². The number of hydrogen-bond donors (Lipinski definition) is 3. The fourth-order valence-electron chi connectivity index (χ4n) is 2.78. The molecule has 0 aliphatic rings. The second-order valence-corrected chi connectivity index (χ2v) is 7.71. The van der Waals surface area contributed by atoms with E-state index in [4.69, 9.17) is 34.8 Å². The summed E-state index contributed by atoms with van der Waals surface area (Å²) in [6, 6.07) is 9.06. The van der Waals surface area contributed by atoms with Gasteiger partial charge in [-0.25, -0.2) is 9.78 Å². The van der Waals surface area contributed by atoms with E-state index in [9.17, 15) is 14.7 Å². The highest BCUT2D eigenvalue weighted by Crippen LogP contribution is 2.24. The van der Waals surface area contributed by atoms with Crippen molar-refractivity contribution in [1.82, 2.24) is 15.3 Å². The minimum Gasteiger partial charge on any atom is -0.480 e. The molecule has 31 heavy (non-hydrogen) atoms. The van der Waals surface area contributed by atoms with E-state index in [1.54, 1.807) is 30.3 Å². The first kappa shape index (κ1) is 22.8. The first-order chi connectivity index (χ1) is 14.8. The summed E-state index contributed by atoms with van der Waals surface area (Å²) in [7, 11) is 0. The molecule has 0 saturated carbocycles. The van der Waals surface area contributed by atoms with Crippen LogP contribution in [0.15, 0.2) is 55.0 Å². The second-order valence-electron chi connectivity index (χ2n) is 6.54. The van der Waals surface area contributed by atoms with Crippen molar-refractivity contribution < 1.29 is 14.7 Å². The van der Waals surface area contributed by atoms with E-state index in [-0.39, 0.29) is 17.1 Å². The van der Waals surface area contributed by atoms with Crippen LogP contribution >= 0.6 is 34.8 Å². The van der Waals surface area contributed by atoms with Gasteiger partial charge in [0.1, 0.15) is 11.2 Å². The Labute approximate surface area is 193 Å². The van der Waals surface area contributed by atoms with Crippen LogP contribution in [0, 0.1) is 0 Å². The van der Waals surface area contributed by atoms with Crippen molar-refractivity contribution in [3.63, 3.8) is 0 Å². The number of amides is 1. The molecule has 0 aliphatic carbocycles. The maximum atomic E-state index is 12.4. The van der Waals surface area contributed by atoms with Crippen molar-refractivity contribution in [3.8, 4) is 0 Å². The van der Waals surface area contributed by atoms with Crippen LogP contribution in [-0.2, 0) is 17.8 Å². The summed E-state index contributed by atoms with van der Waals surface area (Å²) in [5, 5.41) is 16.1. The normalized spacial score (nSPS) is 11.6. The lowest BCUT2D eigenvalue weighted by atomic mass is 10.0. The number of anilines is 1. The van der Waals surface area contributed by atoms with Crippen LogP contribution in [0.1, 0.15) is 21.5 Å². The van der Waals surface area contributed by atoms with Gasteiger partial charge in [-0.1, -0.05) is 46.9 Å². The second kappa shape index (κ2) is 10.4. The minimum atomic E-state index is -1.16. The molecule has 0 fully saturated rings. The molecule has 2 aromatic heterocycles. The van der Waals surface area contributed by atoms with Crippen molar-refractivity contribution in [3.05, 3.63) is 86.9 Å². The van der Waals surface area contributed by atoms with Crippen LogP contribution in [-0.4, -0.2) is 33.0 Å². The summed E-state index contributed by atoms with van der Waals surface area (Å²) in [6.45, 7) is 0.402. The van der Waals surface area contributed by atoms with Crippen LogP contribution in [0.5, 0.6) is 0 Å². The number of halogens is 3. The zero-order valence-electron chi connectivity index (χ0n) is 16.0. The van der Waals surface area contributed by atoms with Crippen molar-refractivity contribution >= 4 is 52.4 Å². The number of nitrogens with one attached hydrogen (secondary N) is 2. The molecule has 0 unspecified atom stereocenters. The Bertz CT molecular complexity index is 1070. The van der Waals surface area contributed by atoms with E-state index in [1.807, 2.05) is 0 Å². The molecule has 1 aromatic carbocycles. The number of benzene rings is 1. The zero-order valence-corrected chi connectivity index (χ0v) is 18.2. The van der Waals surface area contributed by atoms with Crippen LogP contribution in [0.2, 0.25) is 15.2 Å². The van der Waals surface area contributed by atoms with E-state index in [2.05, 4.69) is 20.6 Å². The third-order valence-corrected chi connectivity index (χ3v) is 5.38. The Morgan fingerprint density at radius 3 is 2.32 bits per heavy atom. The summed E-state index contributed by atoms with van der Waals surface area (Å²) in [6.07, 6.45) is 4.58. The van der Waals surface area contributed by atoms with Gasteiger partial charge in [0.05, 0.1) is 15.6 Å². The van der Waals surface area contributed by atoms with Crippen molar-refractivity contribution in [2.24, 2.45) is 0 Å². The minimum absolute atomic E-state index is 0.00831. The molecule has 0 aliphatic heterocycles. The smallest absolute Gasteiger partial charge is 0.326 e. The molecule has 1 atom stereocenters. The van der Waals surface area contributed by atoms with Gasteiger partial charge in [0.15, 0.2) is 0 Å². The molecule has 0 bridgehead atoms. The van der Waals surface area contributed by atoms with Gasteiger partial charge >= 0.3 is 5.97 Å². The highest BCUT2D eigenvalue weighted by Gasteiger charge is 2.22. The zero-order chi connectivity index (χ0) is 22.4. The predicted molar refractivity (Wildman–Crippen MR) is 120 cm³/mol. The fourth-order valence-corrected chi connectivity index (χ4v) is 3.49. The number of pyridine rings is 2. The molecular weight excluding hydrogens is 463 g/mol. The topological polar surface area (TPSA) is 104 Å². The van der Waals surface area contributed by atoms with Crippen LogP contribution < -0.4 is 10.6 Å². The maximum absolute atomic E-state index is 12.4. The van der Waals surface area contributed by atoms with Gasteiger partial charge in [0.2, 0.25) is 0 Å². The molecule has 3 rings (SSSR count). The number of carboxylic acid groups (broad SMARTS) is 1. The largest absolute Gasteiger partial charge is 0.480 e. The van der Waals surface area contributed by atoms with Crippen LogP contribution in [0.25, 0.3) is 0 Å². The summed E-state index contributed by atoms with van der Waals surface area (Å²) in [5.74, 6) is -1.76. The van der Waals surface area contributed by atoms with E-state index >= 15 is 0 Å². The number of aromatic nitrogens is 2. The maximum Gasteiger partial charge on any atom is 0.326 e. The number of carbonyl (C=O) groups is 2. The SMILES string of the molecule is O=C(N[C@@H](Cc1ccc(NCc2c(Cl)cncc2Cl)cc1)C(=O)O)c1cccnc1Cl. The van der Waals surface area contributed by atoms with Gasteiger partial charge in [-0.3, -0.25) is 9.78 Å². The number of nitrogens with zero attached hydrogens (tertiary/aromatic N) is 2. The van der Waals surface area contributed by atoms with Gasteiger partial charge in [-0.2, -0.15) is 0 Å². The van der Waals surface area contributed by atoms with Gasteiger partial charge in [-0.15, -0.1) is 0 Å². The summed E-state index contributed by atoms with van der Waals surface area (Å²) in [4.78, 5) is 31.7. The lowest BCUT2D eigenvalue weighted by Crippen LogP contribution is -2.42. The quantitative estimate of drug-likeness (QED) is 0.412. The lowest BCUT2D eigenvalue weighted by molar-refractivity contribution is -0.139. The Kier molecular flexibility index (Phi) is 7.68. The monoisotopic (exact) mass is 478 g/mol. The molecule has 0 spiro atoms. The Hall–Kier alpha value is -2.87. The van der Waals surface area contributed by atoms with Crippen molar-refractivity contribution in [1.29, 1.82) is 0 Å². The van der Waals surface area contributed by atoms with Gasteiger partial charge in [-0.05, 0) is 29.8 Å². The van der Waals surface area contributed by atoms with Gasteiger partial charge in [0.25, 0.3) is 5.91 Å². The molecule has 1 amide bonds. The van der Waals surface area contributed by atoms with Crippen LogP contribution in [0.4, 0.5) is 5.69 Å². The molecular formula is C21H17Cl3N4O3. The summed E-state index contributed by atoms with van der Waals surface area (Å²) in [5.41, 5.74) is 2.37. The van der Waals surface area contributed by atoms with Gasteiger partial charge < -0.3 is 15.7 Å². The predicted octanol–water partition coefficient (Wildman–Crippen LogP) is 4.47. The first-order valence-electron chi connectivity index (χ1n) is 9.10. The number of carboxylic acids is 1. The highest BCUT2D eigenvalue weighted by atomic mass is 35.5. The summed E-state index contributed by atoms with van der Waals surface area (Å²) >= 11 is 18.1. The van der Waals surface area contributed by atoms with E-state index < -0.39 is 17.9 Å². The van der Waals surface area contributed by atoms with E-state index in [0.717, 1.165) is 16.8 Å². The van der Waals surface area contributed by atoms with Crippen LogP contribution in [0.3, 0.4) is 0 Å². The highest BCUT2D eigenvalue weighted by molar-refractivity contribution is 6.35. The van der Waals surface area contributed by atoms with E-state index in [1.165, 1.54) is 24.7 Å². The summed E-state index contributed by atoms with van der Waals surface area (Å²) < 4.78 is 0. The molecule has 10 heteroatoms. The van der Waals surface area contributed by atoms with Crippen molar-refractivity contribution in [2.75, 3.05) is 5.32 Å². The molecule has 160 valence electrons. The van der Waals surface area contributed by atoms with E-state index in [0.29, 0.717) is 16.6 Å². The molecule has 0 radical (unpaired) electrons. The number of carbonyl (C=O) groups excluding carboxylic acids is 1. The Morgan fingerprint density at radius 1 is 1.03 bits per heavy atom. The average Bonchev–Trinajstić information content (AvgIpc) is 2.74. The van der Waals surface area contributed by atoms with Gasteiger partial charge in [0, 0.05) is 42.8 Å². The third kappa shape index (κ3) is 6.07. The molecule has 0 saturated heterocycles. The first-order valence-corrected chi connectivity index (χ1v) is 10.2. The molecule has 3 aromatic rings. The molecule has 7 nitrogen and oxygen atoms in total. The third-order valence-electron chi connectivity index (χ3n) is 4.42. The Balaban J connectivity index is 1.63. The number of hydrogen-bond acceptors (Lipinski definition) is 5. The molecule has 3 N–H and O–H groups in total. The number of aliphatic carboxylic acids is 1. The standard InChI is InChI=1S/C21H17Cl3N4O3/c22-16-10-25-11-17(23)15(16)9-27-13-5-3-12(4-6-13)8-18(21(30)31)28-20(29)14-2-1-7-26-19(14)24/h1-7,10-11,18,27H,8-9H2,(H,28,29)(H,30,31)/t18-/m0/s1.